The summed E-state index contributed by atoms with van der Waals surface area (Å²) in [6.45, 7) is 0. The van der Waals surface area contributed by atoms with Crippen molar-refractivity contribution in [2.75, 3.05) is 0 Å². The highest BCUT2D eigenvalue weighted by Gasteiger charge is 2.15. The van der Waals surface area contributed by atoms with E-state index in [1.807, 2.05) is 22.6 Å². The van der Waals surface area contributed by atoms with Crippen LogP contribution in [0.4, 0.5) is 8.78 Å². The molecule has 6 heteroatoms. The Labute approximate surface area is 101 Å². The molecule has 0 aliphatic carbocycles. The molecule has 0 aliphatic heterocycles. The zero-order valence-electron chi connectivity index (χ0n) is 6.20. The Morgan fingerprint density at radius 3 is 2.69 bits per heavy atom. The Morgan fingerprint density at radius 1 is 1.62 bits per heavy atom. The van der Waals surface area contributed by atoms with E-state index >= 15 is 0 Å². The molecule has 0 aromatic carbocycles. The Bertz CT molecular complexity index is 322. The first-order valence-corrected chi connectivity index (χ1v) is 5.65. The molecule has 0 spiro atoms. The van der Waals surface area contributed by atoms with Crippen molar-refractivity contribution in [3.8, 4) is 0 Å². The quantitative estimate of drug-likeness (QED) is 0.426. The summed E-state index contributed by atoms with van der Waals surface area (Å²) >= 11 is 10.6. The van der Waals surface area contributed by atoms with Gasteiger partial charge in [-0.3, -0.25) is 0 Å². The van der Waals surface area contributed by atoms with Gasteiger partial charge in [0.25, 0.3) is 6.43 Å². The molecule has 0 radical (unpaired) electrons. The zero-order chi connectivity index (χ0) is 10.0. The second kappa shape index (κ2) is 4.84. The fraction of sp³-hybridized carbons (Fsp3) is 0.286. The van der Waals surface area contributed by atoms with E-state index in [1.165, 1.54) is 6.07 Å². The predicted molar refractivity (Wildman–Crippen MR) is 59.2 cm³/mol. The zero-order valence-corrected chi connectivity index (χ0v) is 10.7. The summed E-state index contributed by atoms with van der Waals surface area (Å²) in [6, 6.07) is 1.39. The second-order valence-corrected chi connectivity index (χ2v) is 4.41. The van der Waals surface area contributed by atoms with Gasteiger partial charge in [-0.1, -0.05) is 0 Å². The molecule has 13 heavy (non-hydrogen) atoms. The monoisotopic (exact) mass is 381 g/mol. The van der Waals surface area contributed by atoms with Crippen molar-refractivity contribution in [2.24, 2.45) is 0 Å². The normalized spacial score (nSPS) is 10.9. The Hall–Kier alpha value is 0.510. The summed E-state index contributed by atoms with van der Waals surface area (Å²) in [5.41, 5.74) is 0.131. The molecule has 0 aliphatic rings. The van der Waals surface area contributed by atoms with Gasteiger partial charge in [0.05, 0.1) is 11.6 Å². The maximum absolute atomic E-state index is 12.4. The molecule has 0 fully saturated rings. The second-order valence-electron chi connectivity index (χ2n) is 2.23. The fourth-order valence-corrected chi connectivity index (χ4v) is 1.81. The van der Waals surface area contributed by atoms with Crippen LogP contribution < -0.4 is 0 Å². The first-order valence-electron chi connectivity index (χ1n) is 3.25. The van der Waals surface area contributed by atoms with Crippen LogP contribution in [0.3, 0.4) is 0 Å². The van der Waals surface area contributed by atoms with Gasteiger partial charge in [-0.2, -0.15) is 0 Å². The summed E-state index contributed by atoms with van der Waals surface area (Å²) in [7, 11) is 0. The number of hydrogen-bond donors (Lipinski definition) is 0. The van der Waals surface area contributed by atoms with Gasteiger partial charge in [0.2, 0.25) is 0 Å². The summed E-state index contributed by atoms with van der Waals surface area (Å²) in [4.78, 5) is 3.91. The van der Waals surface area contributed by atoms with Crippen molar-refractivity contribution in [3.05, 3.63) is 25.5 Å². The molecular weight excluding hydrogens is 378 g/mol. The molecule has 1 rings (SSSR count). The van der Waals surface area contributed by atoms with E-state index in [9.17, 15) is 8.78 Å². The van der Waals surface area contributed by atoms with Gasteiger partial charge in [0.1, 0.15) is 4.60 Å². The smallest absolute Gasteiger partial charge is 0.243 e. The molecule has 72 valence electrons. The van der Waals surface area contributed by atoms with Gasteiger partial charge in [-0.15, -0.1) is 11.6 Å². The lowest BCUT2D eigenvalue weighted by Gasteiger charge is -2.06. The highest BCUT2D eigenvalue weighted by atomic mass is 127. The van der Waals surface area contributed by atoms with Crippen LogP contribution in [0.15, 0.2) is 10.7 Å². The number of pyridine rings is 1. The topological polar surface area (TPSA) is 12.9 Å². The van der Waals surface area contributed by atoms with E-state index in [0.29, 0.717) is 8.17 Å². The summed E-state index contributed by atoms with van der Waals surface area (Å²) < 4.78 is 26.0. The third kappa shape index (κ3) is 2.73. The fourth-order valence-electron chi connectivity index (χ4n) is 0.812. The molecule has 1 nitrogen and oxygen atoms in total. The van der Waals surface area contributed by atoms with Crippen LogP contribution in [0.2, 0.25) is 0 Å². The van der Waals surface area contributed by atoms with Gasteiger partial charge < -0.3 is 0 Å². The van der Waals surface area contributed by atoms with Crippen LogP contribution >= 0.6 is 50.1 Å². The van der Waals surface area contributed by atoms with Gasteiger partial charge in [-0.25, -0.2) is 13.8 Å². The average molecular weight is 382 g/mol. The van der Waals surface area contributed by atoms with Crippen molar-refractivity contribution < 1.29 is 8.78 Å². The van der Waals surface area contributed by atoms with Crippen LogP contribution in [0.25, 0.3) is 0 Å². The Kier molecular flexibility index (Phi) is 4.31. The van der Waals surface area contributed by atoms with Gasteiger partial charge in [0, 0.05) is 9.13 Å². The van der Waals surface area contributed by atoms with Gasteiger partial charge in [-0.05, 0) is 44.6 Å². The molecule has 0 saturated carbocycles. The third-order valence-corrected chi connectivity index (χ3v) is 3.83. The number of halogens is 5. The number of aromatic nitrogens is 1. The first-order chi connectivity index (χ1) is 6.06. The average Bonchev–Trinajstić information content (AvgIpc) is 2.08. The van der Waals surface area contributed by atoms with Crippen molar-refractivity contribution in [1.82, 2.24) is 4.98 Å². The molecule has 0 N–H and O–H groups in total. The molecule has 1 aromatic rings. The molecule has 1 aromatic heterocycles. The number of hydrogen-bond acceptors (Lipinski definition) is 1. The molecule has 0 bridgehead atoms. The van der Waals surface area contributed by atoms with E-state index in [4.69, 9.17) is 11.6 Å². The standard InChI is InChI=1S/C7H4BrClF2IN/c8-6-4(12)1-3(7(10)11)5(2-9)13-6/h1,7H,2H2. The van der Waals surface area contributed by atoms with E-state index < -0.39 is 6.43 Å². The van der Waals surface area contributed by atoms with Crippen LogP contribution in [-0.2, 0) is 5.88 Å². The lowest BCUT2D eigenvalue weighted by atomic mass is 10.2. The minimum Gasteiger partial charge on any atom is -0.243 e. The van der Waals surface area contributed by atoms with Gasteiger partial charge >= 0.3 is 0 Å². The minimum absolute atomic E-state index is 0.00477. The van der Waals surface area contributed by atoms with E-state index in [-0.39, 0.29) is 17.1 Å². The van der Waals surface area contributed by atoms with Crippen LogP contribution in [0, 0.1) is 3.57 Å². The number of alkyl halides is 3. The van der Waals surface area contributed by atoms with Crippen LogP contribution in [-0.4, -0.2) is 4.98 Å². The molecule has 0 unspecified atom stereocenters. The van der Waals surface area contributed by atoms with E-state index in [2.05, 4.69) is 20.9 Å². The third-order valence-electron chi connectivity index (χ3n) is 1.41. The number of rotatable bonds is 2. The highest BCUT2D eigenvalue weighted by Crippen LogP contribution is 2.28. The summed E-state index contributed by atoms with van der Waals surface area (Å²) in [5, 5.41) is 0. The lowest BCUT2D eigenvalue weighted by molar-refractivity contribution is 0.150. The van der Waals surface area contributed by atoms with Crippen molar-refractivity contribution in [3.63, 3.8) is 0 Å². The molecule has 0 saturated heterocycles. The van der Waals surface area contributed by atoms with E-state index in [0.717, 1.165) is 0 Å². The van der Waals surface area contributed by atoms with Crippen molar-refractivity contribution in [2.45, 2.75) is 12.3 Å². The first kappa shape index (κ1) is 11.6. The molecule has 0 atom stereocenters. The Balaban J connectivity index is 3.25. The molecular formula is C7H4BrClF2IN. The maximum Gasteiger partial charge on any atom is 0.265 e. The minimum atomic E-state index is -2.53. The number of nitrogens with zero attached hydrogens (tertiary/aromatic N) is 1. The Morgan fingerprint density at radius 2 is 2.23 bits per heavy atom. The van der Waals surface area contributed by atoms with Crippen LogP contribution in [0.1, 0.15) is 17.7 Å². The van der Waals surface area contributed by atoms with Crippen molar-refractivity contribution >= 4 is 50.1 Å². The van der Waals surface area contributed by atoms with Gasteiger partial charge in [0.15, 0.2) is 0 Å². The SMILES string of the molecule is FC(F)c1cc(I)c(Br)nc1CCl. The maximum atomic E-state index is 12.4. The van der Waals surface area contributed by atoms with Crippen LogP contribution in [0.5, 0.6) is 0 Å². The highest BCUT2D eigenvalue weighted by molar-refractivity contribution is 14.1. The lowest BCUT2D eigenvalue weighted by Crippen LogP contribution is -1.98. The van der Waals surface area contributed by atoms with Crippen molar-refractivity contribution in [1.29, 1.82) is 0 Å². The molecule has 0 amide bonds. The largest absolute Gasteiger partial charge is 0.265 e. The molecule has 1 heterocycles. The predicted octanol–water partition coefficient (Wildman–Crippen LogP) is 4.13. The summed E-state index contributed by atoms with van der Waals surface area (Å²) in [5.74, 6) is -0.00477. The summed E-state index contributed by atoms with van der Waals surface area (Å²) in [6.07, 6.45) is -2.53. The van der Waals surface area contributed by atoms with E-state index in [1.54, 1.807) is 0 Å².